The van der Waals surface area contributed by atoms with Crippen molar-refractivity contribution in [2.24, 2.45) is 22.7 Å². The zero-order valence-electron chi connectivity index (χ0n) is 14.9. The number of hydrogen-bond donors (Lipinski definition) is 0. The second-order valence-corrected chi connectivity index (χ2v) is 8.18. The summed E-state index contributed by atoms with van der Waals surface area (Å²) in [5.41, 5.74) is -0.371. The van der Waals surface area contributed by atoms with Crippen LogP contribution in [0.2, 0.25) is 0 Å². The first kappa shape index (κ1) is 18.4. The smallest absolute Gasteiger partial charge is 0.308 e. The van der Waals surface area contributed by atoms with Gasteiger partial charge in [-0.15, -0.1) is 0 Å². The second-order valence-electron chi connectivity index (χ2n) is 8.18. The lowest BCUT2D eigenvalue weighted by Gasteiger charge is -2.48. The van der Waals surface area contributed by atoms with Crippen LogP contribution in [0.15, 0.2) is 0 Å². The maximum atomic E-state index is 11.6. The number of ether oxygens (including phenoxy) is 3. The average molecular weight is 300 g/mol. The van der Waals surface area contributed by atoms with Crippen LogP contribution in [0.4, 0.5) is 0 Å². The van der Waals surface area contributed by atoms with E-state index in [0.717, 1.165) is 0 Å². The molecule has 4 nitrogen and oxygen atoms in total. The molecule has 0 saturated carbocycles. The van der Waals surface area contributed by atoms with Crippen LogP contribution in [-0.4, -0.2) is 31.6 Å². The van der Waals surface area contributed by atoms with E-state index in [1.54, 1.807) is 0 Å². The molecule has 1 aliphatic heterocycles. The van der Waals surface area contributed by atoms with E-state index in [4.69, 9.17) is 14.2 Å². The van der Waals surface area contributed by atoms with Gasteiger partial charge in [0.2, 0.25) is 0 Å². The number of carbonyl (C=O) groups is 1. The van der Waals surface area contributed by atoms with Crippen molar-refractivity contribution in [2.75, 3.05) is 13.2 Å². The molecule has 0 unspecified atom stereocenters. The Morgan fingerprint density at radius 2 is 1.86 bits per heavy atom. The molecule has 0 aliphatic carbocycles. The van der Waals surface area contributed by atoms with Crippen LogP contribution in [0.3, 0.4) is 0 Å². The van der Waals surface area contributed by atoms with Crippen LogP contribution >= 0.6 is 0 Å². The summed E-state index contributed by atoms with van der Waals surface area (Å²) in [4.78, 5) is 11.6. The van der Waals surface area contributed by atoms with Crippen LogP contribution < -0.4 is 0 Å². The topological polar surface area (TPSA) is 44.8 Å². The summed E-state index contributed by atoms with van der Waals surface area (Å²) in [6.45, 7) is 17.3. The van der Waals surface area contributed by atoms with Crippen LogP contribution in [0.5, 0.6) is 0 Å². The lowest BCUT2D eigenvalue weighted by molar-refractivity contribution is -0.307. The van der Waals surface area contributed by atoms with Gasteiger partial charge >= 0.3 is 5.97 Å². The van der Waals surface area contributed by atoms with Crippen LogP contribution in [-0.2, 0) is 19.0 Å². The first-order chi connectivity index (χ1) is 9.47. The van der Waals surface area contributed by atoms with Gasteiger partial charge in [-0.3, -0.25) is 4.79 Å². The van der Waals surface area contributed by atoms with Crippen molar-refractivity contribution in [3.05, 3.63) is 0 Å². The fraction of sp³-hybridized carbons (Fsp3) is 0.941. The minimum atomic E-state index is -0.367. The highest BCUT2D eigenvalue weighted by Gasteiger charge is 2.45. The SMILES string of the molecule is CC(C)C(=O)OCC(C)(C)[C@H]1OCC(C)(C)[C@@H](C(C)C)O1. The monoisotopic (exact) mass is 300 g/mol. The third-order valence-corrected chi connectivity index (χ3v) is 3.95. The van der Waals surface area contributed by atoms with Gasteiger partial charge < -0.3 is 14.2 Å². The molecule has 0 amide bonds. The maximum Gasteiger partial charge on any atom is 0.308 e. The molecule has 1 heterocycles. The Labute approximate surface area is 129 Å². The van der Waals surface area contributed by atoms with E-state index in [0.29, 0.717) is 19.1 Å². The predicted octanol–water partition coefficient (Wildman–Crippen LogP) is 3.64. The summed E-state index contributed by atoms with van der Waals surface area (Å²) in [7, 11) is 0. The molecule has 1 fully saturated rings. The normalized spacial score (nSPS) is 26.2. The zero-order valence-corrected chi connectivity index (χ0v) is 14.9. The molecule has 1 rings (SSSR count). The number of rotatable bonds is 5. The van der Waals surface area contributed by atoms with E-state index < -0.39 is 0 Å². The molecule has 4 heteroatoms. The van der Waals surface area contributed by atoms with Gasteiger partial charge in [-0.1, -0.05) is 55.4 Å². The summed E-state index contributed by atoms with van der Waals surface area (Å²) in [5, 5.41) is 0. The van der Waals surface area contributed by atoms with Crippen molar-refractivity contribution in [3.63, 3.8) is 0 Å². The molecule has 1 saturated heterocycles. The zero-order chi connectivity index (χ0) is 16.4. The third kappa shape index (κ3) is 4.68. The average Bonchev–Trinajstić information content (AvgIpc) is 2.34. The molecular weight excluding hydrogens is 268 g/mol. The van der Waals surface area contributed by atoms with Crippen molar-refractivity contribution in [1.29, 1.82) is 0 Å². The van der Waals surface area contributed by atoms with Gasteiger partial charge in [0, 0.05) is 10.8 Å². The molecule has 2 atom stereocenters. The number of esters is 1. The highest BCUT2D eigenvalue weighted by Crippen LogP contribution is 2.39. The molecule has 0 spiro atoms. The van der Waals surface area contributed by atoms with Crippen molar-refractivity contribution in [2.45, 2.75) is 67.8 Å². The van der Waals surface area contributed by atoms with E-state index in [2.05, 4.69) is 27.7 Å². The Morgan fingerprint density at radius 3 is 2.33 bits per heavy atom. The summed E-state index contributed by atoms with van der Waals surface area (Å²) < 4.78 is 17.5. The lowest BCUT2D eigenvalue weighted by Crippen LogP contribution is -2.53. The first-order valence-electron chi connectivity index (χ1n) is 7.91. The third-order valence-electron chi connectivity index (χ3n) is 3.95. The Bertz CT molecular complexity index is 358. The van der Waals surface area contributed by atoms with Crippen molar-refractivity contribution in [1.82, 2.24) is 0 Å². The fourth-order valence-electron chi connectivity index (χ4n) is 2.69. The Morgan fingerprint density at radius 1 is 1.29 bits per heavy atom. The van der Waals surface area contributed by atoms with E-state index in [9.17, 15) is 4.79 Å². The molecule has 0 aromatic carbocycles. The Hall–Kier alpha value is -0.610. The van der Waals surface area contributed by atoms with E-state index in [1.807, 2.05) is 27.7 Å². The molecule has 0 bridgehead atoms. The summed E-state index contributed by atoms with van der Waals surface area (Å²) in [6.07, 6.45) is -0.214. The number of hydrogen-bond acceptors (Lipinski definition) is 4. The summed E-state index contributed by atoms with van der Waals surface area (Å²) in [6, 6.07) is 0. The fourth-order valence-corrected chi connectivity index (χ4v) is 2.69. The van der Waals surface area contributed by atoms with Crippen molar-refractivity contribution >= 4 is 5.97 Å². The predicted molar refractivity (Wildman–Crippen MR) is 82.8 cm³/mol. The molecule has 124 valence electrons. The minimum absolute atomic E-state index is 0.00461. The van der Waals surface area contributed by atoms with Gasteiger partial charge in [-0.2, -0.15) is 0 Å². The largest absolute Gasteiger partial charge is 0.465 e. The molecule has 0 radical (unpaired) electrons. The highest BCUT2D eigenvalue weighted by atomic mass is 16.7. The Balaban J connectivity index is 2.69. The van der Waals surface area contributed by atoms with Gasteiger partial charge in [0.05, 0.1) is 18.6 Å². The van der Waals surface area contributed by atoms with Gasteiger partial charge in [-0.25, -0.2) is 0 Å². The van der Waals surface area contributed by atoms with Crippen LogP contribution in [0, 0.1) is 22.7 Å². The molecular formula is C17H32O4. The minimum Gasteiger partial charge on any atom is -0.465 e. The van der Waals surface area contributed by atoms with Gasteiger partial charge in [0.1, 0.15) is 6.61 Å². The van der Waals surface area contributed by atoms with Crippen molar-refractivity contribution in [3.8, 4) is 0 Å². The molecule has 0 aromatic heterocycles. The van der Waals surface area contributed by atoms with Crippen LogP contribution in [0.1, 0.15) is 55.4 Å². The van der Waals surface area contributed by atoms with E-state index in [-0.39, 0.29) is 35.1 Å². The number of carbonyl (C=O) groups excluding carboxylic acids is 1. The molecule has 21 heavy (non-hydrogen) atoms. The van der Waals surface area contributed by atoms with Gasteiger partial charge in [-0.05, 0) is 5.92 Å². The lowest BCUT2D eigenvalue weighted by atomic mass is 9.79. The highest BCUT2D eigenvalue weighted by molar-refractivity contribution is 5.71. The van der Waals surface area contributed by atoms with Crippen molar-refractivity contribution < 1.29 is 19.0 Å². The molecule has 0 aromatic rings. The second kappa shape index (κ2) is 6.66. The molecule has 1 aliphatic rings. The van der Waals surface area contributed by atoms with Crippen LogP contribution in [0.25, 0.3) is 0 Å². The maximum absolute atomic E-state index is 11.6. The van der Waals surface area contributed by atoms with Gasteiger partial charge in [0.25, 0.3) is 0 Å². The quantitative estimate of drug-likeness (QED) is 0.727. The molecule has 0 N–H and O–H groups in total. The summed E-state index contributed by atoms with van der Waals surface area (Å²) >= 11 is 0. The first-order valence-corrected chi connectivity index (χ1v) is 7.91. The standard InChI is InChI=1S/C17H32O4/c1-11(2)13-16(5,6)9-20-15(21-13)17(7,8)10-19-14(18)12(3)4/h11-13,15H,9-10H2,1-8H3/t13-,15+/m1/s1. The van der Waals surface area contributed by atoms with E-state index in [1.165, 1.54) is 0 Å². The Kier molecular flexibility index (Phi) is 5.84. The van der Waals surface area contributed by atoms with E-state index >= 15 is 0 Å². The summed E-state index contributed by atoms with van der Waals surface area (Å²) in [5.74, 6) is 0.122. The van der Waals surface area contributed by atoms with Gasteiger partial charge in [0.15, 0.2) is 6.29 Å².